The summed E-state index contributed by atoms with van der Waals surface area (Å²) in [6.07, 6.45) is 8.69. The van der Waals surface area contributed by atoms with E-state index in [1.165, 1.54) is 54.2 Å². The summed E-state index contributed by atoms with van der Waals surface area (Å²) < 4.78 is 4.67. The van der Waals surface area contributed by atoms with Gasteiger partial charge in [0.15, 0.2) is 0 Å². The molecule has 2 aromatic heterocycles. The van der Waals surface area contributed by atoms with E-state index in [2.05, 4.69) is 221 Å². The Kier molecular flexibility index (Phi) is 7.16. The van der Waals surface area contributed by atoms with Gasteiger partial charge in [0.2, 0.25) is 0 Å². The Morgan fingerprint density at radius 1 is 0.382 bits per heavy atom. The molecule has 0 fully saturated rings. The zero-order valence-corrected chi connectivity index (χ0v) is 30.0. The van der Waals surface area contributed by atoms with Crippen molar-refractivity contribution in [3.05, 3.63) is 217 Å². The first-order valence-corrected chi connectivity index (χ1v) is 18.8. The second-order valence-electron chi connectivity index (χ2n) is 14.2. The normalized spacial score (nSPS) is 12.4. The largest absolute Gasteiger partial charge is 0.317 e. The Bertz CT molecular complexity index is 3190. The highest BCUT2D eigenvalue weighted by Crippen LogP contribution is 2.41. The number of allylic oxidation sites excluding steroid dienone is 2. The van der Waals surface area contributed by atoms with Gasteiger partial charge in [-0.1, -0.05) is 133 Å². The Labute approximate surface area is 319 Å². The summed E-state index contributed by atoms with van der Waals surface area (Å²) in [5.74, 6) is 0. The second kappa shape index (κ2) is 12.6. The van der Waals surface area contributed by atoms with E-state index >= 15 is 0 Å². The summed E-state index contributed by atoms with van der Waals surface area (Å²) >= 11 is 0. The van der Waals surface area contributed by atoms with Gasteiger partial charge in [0.05, 0.1) is 17.1 Å². The van der Waals surface area contributed by atoms with Crippen LogP contribution in [0.2, 0.25) is 0 Å². The summed E-state index contributed by atoms with van der Waals surface area (Å²) in [6.45, 7) is 0. The van der Waals surface area contributed by atoms with Crippen molar-refractivity contribution in [2.24, 2.45) is 0 Å². The van der Waals surface area contributed by atoms with E-state index < -0.39 is 0 Å². The minimum Gasteiger partial charge on any atom is -0.317 e. The molecule has 256 valence electrons. The third-order valence-electron chi connectivity index (χ3n) is 11.2. The van der Waals surface area contributed by atoms with Crippen LogP contribution in [0.3, 0.4) is 0 Å². The van der Waals surface area contributed by atoms with Gasteiger partial charge in [-0.15, -0.1) is 5.73 Å². The SMILES string of the molecule is C1=Cc2ccn(-c3ccccc3)c2C=CC=1c1cccc2c(-c3ccc(-c4ccc5c6ccccc6c6ccccc6c5c4)n3-c3ccccc3)cccc12. The molecule has 0 bridgehead atoms. The van der Waals surface area contributed by atoms with Gasteiger partial charge in [0.25, 0.3) is 0 Å². The first-order valence-electron chi connectivity index (χ1n) is 18.8. The molecule has 2 nitrogen and oxygen atoms in total. The maximum Gasteiger partial charge on any atom is 0.0541 e. The minimum absolute atomic E-state index is 1.06. The van der Waals surface area contributed by atoms with Crippen LogP contribution in [0.1, 0.15) is 16.8 Å². The molecule has 8 aromatic carbocycles. The Morgan fingerprint density at radius 2 is 0.945 bits per heavy atom. The summed E-state index contributed by atoms with van der Waals surface area (Å²) in [7, 11) is 0. The average Bonchev–Trinajstić information content (AvgIpc) is 3.83. The van der Waals surface area contributed by atoms with E-state index in [1.54, 1.807) is 0 Å². The molecular weight excluding hydrogens is 665 g/mol. The van der Waals surface area contributed by atoms with Crippen LogP contribution >= 0.6 is 0 Å². The van der Waals surface area contributed by atoms with Crippen LogP contribution in [0.15, 0.2) is 200 Å². The fraction of sp³-hybridized carbons (Fsp3) is 0. The Balaban J connectivity index is 1.07. The van der Waals surface area contributed by atoms with Crippen molar-refractivity contribution in [2.45, 2.75) is 0 Å². The lowest BCUT2D eigenvalue weighted by Crippen LogP contribution is -2.00. The highest BCUT2D eigenvalue weighted by molar-refractivity contribution is 6.25. The van der Waals surface area contributed by atoms with Crippen LogP contribution in [0.4, 0.5) is 0 Å². The second-order valence-corrected chi connectivity index (χ2v) is 14.2. The van der Waals surface area contributed by atoms with E-state index in [0.29, 0.717) is 0 Å². The molecule has 0 N–H and O–H groups in total. The third kappa shape index (κ3) is 5.05. The standard InChI is InChI=1S/C53H34N2/c1-3-13-39(14-4-1)54-34-33-37-26-25-36(28-30-51(37)54)41-21-11-23-46-42(41)22-12-24-49(46)53-32-31-52(55(53)40-15-5-2-6-16-40)38-27-29-48-45-19-8-7-17-43(45)44-18-9-10-20-47(44)50(48)35-38/h1-24,26-35H. The maximum atomic E-state index is 3.66. The Hall–Kier alpha value is -7.38. The van der Waals surface area contributed by atoms with Gasteiger partial charge in [-0.05, 0) is 121 Å². The van der Waals surface area contributed by atoms with Crippen LogP contribution in [0.25, 0.3) is 94.7 Å². The van der Waals surface area contributed by atoms with Crippen molar-refractivity contribution in [1.82, 2.24) is 9.13 Å². The summed E-state index contributed by atoms with van der Waals surface area (Å²) in [4.78, 5) is 0. The molecule has 55 heavy (non-hydrogen) atoms. The highest BCUT2D eigenvalue weighted by Gasteiger charge is 2.19. The molecule has 11 rings (SSSR count). The number of benzene rings is 8. The molecule has 2 heterocycles. The molecule has 0 radical (unpaired) electrons. The molecular formula is C53H34N2. The van der Waals surface area contributed by atoms with Crippen molar-refractivity contribution >= 4 is 60.8 Å². The molecule has 0 amide bonds. The van der Waals surface area contributed by atoms with Crippen molar-refractivity contribution in [3.8, 4) is 33.9 Å². The fourth-order valence-corrected chi connectivity index (χ4v) is 8.67. The van der Waals surface area contributed by atoms with Crippen LogP contribution in [-0.2, 0) is 0 Å². The van der Waals surface area contributed by atoms with E-state index in [9.17, 15) is 0 Å². The number of nitrogens with zero attached hydrogens (tertiary/aromatic N) is 2. The number of fused-ring (bicyclic) bond motifs is 8. The summed E-state index contributed by atoms with van der Waals surface area (Å²) in [5.41, 5.74) is 15.1. The summed E-state index contributed by atoms with van der Waals surface area (Å²) in [6, 6.07) is 65.9. The van der Waals surface area contributed by atoms with Gasteiger partial charge >= 0.3 is 0 Å². The quantitative estimate of drug-likeness (QED) is 0.125. The van der Waals surface area contributed by atoms with Gasteiger partial charge in [0, 0.05) is 34.3 Å². The zero-order chi connectivity index (χ0) is 36.3. The van der Waals surface area contributed by atoms with Gasteiger partial charge in [0.1, 0.15) is 0 Å². The molecule has 2 heteroatoms. The number of hydrogen-bond donors (Lipinski definition) is 0. The number of rotatable bonds is 5. The van der Waals surface area contributed by atoms with Gasteiger partial charge < -0.3 is 9.13 Å². The molecule has 1 aliphatic carbocycles. The predicted octanol–water partition coefficient (Wildman–Crippen LogP) is 13.9. The van der Waals surface area contributed by atoms with E-state index in [4.69, 9.17) is 0 Å². The summed E-state index contributed by atoms with van der Waals surface area (Å²) in [5, 5.41) is 10.1. The van der Waals surface area contributed by atoms with Gasteiger partial charge in [-0.25, -0.2) is 0 Å². The van der Waals surface area contributed by atoms with Crippen molar-refractivity contribution in [2.75, 3.05) is 0 Å². The minimum atomic E-state index is 1.06. The molecule has 0 aliphatic heterocycles. The van der Waals surface area contributed by atoms with E-state index in [0.717, 1.165) is 45.2 Å². The topological polar surface area (TPSA) is 9.86 Å². The lowest BCUT2D eigenvalue weighted by atomic mass is 9.93. The van der Waals surface area contributed by atoms with Crippen molar-refractivity contribution in [3.63, 3.8) is 0 Å². The number of para-hydroxylation sites is 2. The van der Waals surface area contributed by atoms with E-state index in [1.807, 2.05) is 0 Å². The molecule has 10 aromatic rings. The van der Waals surface area contributed by atoms with E-state index in [-0.39, 0.29) is 0 Å². The molecule has 0 unspecified atom stereocenters. The Morgan fingerprint density at radius 3 is 1.65 bits per heavy atom. The molecule has 0 saturated carbocycles. The zero-order valence-electron chi connectivity index (χ0n) is 30.0. The van der Waals surface area contributed by atoms with Crippen LogP contribution in [0.5, 0.6) is 0 Å². The molecule has 0 atom stereocenters. The van der Waals surface area contributed by atoms with Crippen molar-refractivity contribution in [1.29, 1.82) is 0 Å². The lowest BCUT2D eigenvalue weighted by molar-refractivity contribution is 1.06. The van der Waals surface area contributed by atoms with Gasteiger partial charge in [-0.2, -0.15) is 0 Å². The number of aromatic nitrogens is 2. The smallest absolute Gasteiger partial charge is 0.0541 e. The maximum absolute atomic E-state index is 3.66. The van der Waals surface area contributed by atoms with Crippen molar-refractivity contribution < 1.29 is 0 Å². The van der Waals surface area contributed by atoms with Gasteiger partial charge in [-0.3, -0.25) is 0 Å². The first-order chi connectivity index (χ1) is 27.3. The molecule has 1 aliphatic rings. The fourth-order valence-electron chi connectivity index (χ4n) is 8.67. The number of hydrogen-bond acceptors (Lipinski definition) is 0. The van der Waals surface area contributed by atoms with Crippen LogP contribution in [-0.4, -0.2) is 9.13 Å². The third-order valence-corrected chi connectivity index (χ3v) is 11.2. The first kappa shape index (κ1) is 31.2. The van der Waals surface area contributed by atoms with Crippen LogP contribution < -0.4 is 0 Å². The molecule has 0 saturated heterocycles. The highest BCUT2D eigenvalue weighted by atomic mass is 15.0. The monoisotopic (exact) mass is 698 g/mol. The molecule has 0 spiro atoms. The predicted molar refractivity (Wildman–Crippen MR) is 233 cm³/mol. The lowest BCUT2D eigenvalue weighted by Gasteiger charge is -2.17. The average molecular weight is 699 g/mol. The van der Waals surface area contributed by atoms with Crippen LogP contribution in [0, 0.1) is 0 Å².